The molecule has 29 heavy (non-hydrogen) atoms. The van der Waals surface area contributed by atoms with E-state index in [1.165, 1.54) is 18.6 Å². The standard InChI is InChI=1S/C23H30FN3O2/c1-3-27-11-4-5-19(27)13-25-23(28)22-16(2)29-21-10-12-26(15-20(21)22)14-17-6-8-18(24)9-7-17/h6-9,19H,3-5,10-15H2,1-2H3,(H,25,28)/t19-/m1/s1. The molecule has 1 atom stereocenters. The van der Waals surface area contributed by atoms with Gasteiger partial charge in [0, 0.05) is 44.2 Å². The van der Waals surface area contributed by atoms with E-state index in [0.717, 1.165) is 55.9 Å². The van der Waals surface area contributed by atoms with Crippen LogP contribution in [-0.4, -0.2) is 47.9 Å². The van der Waals surface area contributed by atoms with Crippen molar-refractivity contribution in [3.05, 3.63) is 58.3 Å². The molecule has 156 valence electrons. The molecule has 0 radical (unpaired) electrons. The molecule has 0 unspecified atom stereocenters. The Balaban J connectivity index is 1.43. The van der Waals surface area contributed by atoms with Gasteiger partial charge in [0.1, 0.15) is 17.3 Å². The summed E-state index contributed by atoms with van der Waals surface area (Å²) in [7, 11) is 0. The molecule has 5 nitrogen and oxygen atoms in total. The van der Waals surface area contributed by atoms with Crippen LogP contribution in [0.5, 0.6) is 0 Å². The van der Waals surface area contributed by atoms with Crippen LogP contribution in [0.25, 0.3) is 0 Å². The number of carbonyl (C=O) groups excluding carboxylic acids is 1. The second-order valence-corrected chi connectivity index (χ2v) is 8.16. The van der Waals surface area contributed by atoms with E-state index in [1.54, 1.807) is 0 Å². The maximum absolute atomic E-state index is 13.2. The number of furan rings is 1. The van der Waals surface area contributed by atoms with Gasteiger partial charge < -0.3 is 9.73 Å². The minimum atomic E-state index is -0.219. The fourth-order valence-electron chi connectivity index (χ4n) is 4.70. The predicted octanol–water partition coefficient (Wildman–Crippen LogP) is 3.50. The van der Waals surface area contributed by atoms with Crippen molar-refractivity contribution in [2.75, 3.05) is 26.2 Å². The van der Waals surface area contributed by atoms with Crippen LogP contribution in [0, 0.1) is 12.7 Å². The first kappa shape index (κ1) is 20.1. The van der Waals surface area contributed by atoms with Crippen LogP contribution < -0.4 is 5.32 Å². The van der Waals surface area contributed by atoms with Crippen molar-refractivity contribution in [2.45, 2.75) is 52.2 Å². The molecule has 2 aliphatic rings. The number of likely N-dealkylation sites (tertiary alicyclic amines) is 1. The second-order valence-electron chi connectivity index (χ2n) is 8.16. The van der Waals surface area contributed by atoms with Gasteiger partial charge in [-0.1, -0.05) is 19.1 Å². The lowest BCUT2D eigenvalue weighted by molar-refractivity contribution is 0.0937. The monoisotopic (exact) mass is 399 g/mol. The van der Waals surface area contributed by atoms with Crippen molar-refractivity contribution in [2.24, 2.45) is 0 Å². The fraction of sp³-hybridized carbons (Fsp3) is 0.522. The first-order valence-corrected chi connectivity index (χ1v) is 10.6. The minimum Gasteiger partial charge on any atom is -0.465 e. The molecule has 1 amide bonds. The molecule has 1 N–H and O–H groups in total. The third-order valence-corrected chi connectivity index (χ3v) is 6.25. The summed E-state index contributed by atoms with van der Waals surface area (Å²) < 4.78 is 19.1. The van der Waals surface area contributed by atoms with E-state index in [0.29, 0.717) is 30.5 Å². The lowest BCUT2D eigenvalue weighted by Gasteiger charge is -2.27. The van der Waals surface area contributed by atoms with Crippen LogP contribution in [0.1, 0.15) is 52.8 Å². The number of amides is 1. The van der Waals surface area contributed by atoms with E-state index in [2.05, 4.69) is 22.0 Å². The zero-order valence-corrected chi connectivity index (χ0v) is 17.3. The molecular weight excluding hydrogens is 369 g/mol. The number of aryl methyl sites for hydroxylation is 1. The van der Waals surface area contributed by atoms with Crippen LogP contribution in [0.3, 0.4) is 0 Å². The van der Waals surface area contributed by atoms with Gasteiger partial charge in [0.15, 0.2) is 0 Å². The first-order chi connectivity index (χ1) is 14.0. The summed E-state index contributed by atoms with van der Waals surface area (Å²) in [6.07, 6.45) is 3.13. The Morgan fingerprint density at radius 2 is 2.07 bits per heavy atom. The Labute approximate surface area is 171 Å². The van der Waals surface area contributed by atoms with Gasteiger partial charge in [-0.05, 0) is 50.6 Å². The van der Waals surface area contributed by atoms with Crippen LogP contribution >= 0.6 is 0 Å². The highest BCUT2D eigenvalue weighted by molar-refractivity contribution is 5.97. The van der Waals surface area contributed by atoms with Gasteiger partial charge in [0.05, 0.1) is 5.56 Å². The van der Waals surface area contributed by atoms with Gasteiger partial charge in [-0.15, -0.1) is 0 Å². The zero-order valence-electron chi connectivity index (χ0n) is 17.3. The molecule has 2 aliphatic heterocycles. The molecular formula is C23H30FN3O2. The van der Waals surface area contributed by atoms with Gasteiger partial charge in [-0.3, -0.25) is 14.6 Å². The second kappa shape index (κ2) is 8.67. The molecule has 1 fully saturated rings. The highest BCUT2D eigenvalue weighted by atomic mass is 19.1. The van der Waals surface area contributed by atoms with Crippen LogP contribution in [0.4, 0.5) is 4.39 Å². The quantitative estimate of drug-likeness (QED) is 0.808. The maximum Gasteiger partial charge on any atom is 0.255 e. The number of likely N-dealkylation sites (N-methyl/N-ethyl adjacent to an activating group) is 1. The van der Waals surface area contributed by atoms with Crippen molar-refractivity contribution >= 4 is 5.91 Å². The number of nitrogens with zero attached hydrogens (tertiary/aromatic N) is 2. The fourth-order valence-corrected chi connectivity index (χ4v) is 4.70. The van der Waals surface area contributed by atoms with Crippen molar-refractivity contribution in [3.63, 3.8) is 0 Å². The Morgan fingerprint density at radius 3 is 2.83 bits per heavy atom. The molecule has 1 aromatic heterocycles. The number of hydrogen-bond acceptors (Lipinski definition) is 4. The molecule has 3 heterocycles. The molecule has 0 aliphatic carbocycles. The lowest BCUT2D eigenvalue weighted by Crippen LogP contribution is -2.40. The third kappa shape index (κ3) is 4.38. The number of nitrogens with one attached hydrogen (secondary N) is 1. The van der Waals surface area contributed by atoms with Gasteiger partial charge in [0.2, 0.25) is 0 Å². The normalized spacial score (nSPS) is 20.0. The van der Waals surface area contributed by atoms with Crippen LogP contribution in [0.15, 0.2) is 28.7 Å². The van der Waals surface area contributed by atoms with E-state index >= 15 is 0 Å². The average Bonchev–Trinajstić information content (AvgIpc) is 3.30. The summed E-state index contributed by atoms with van der Waals surface area (Å²) in [4.78, 5) is 17.7. The maximum atomic E-state index is 13.2. The number of rotatable bonds is 6. The van der Waals surface area contributed by atoms with E-state index in [4.69, 9.17) is 4.42 Å². The first-order valence-electron chi connectivity index (χ1n) is 10.6. The van der Waals surface area contributed by atoms with E-state index in [-0.39, 0.29) is 11.7 Å². The predicted molar refractivity (Wildman–Crippen MR) is 110 cm³/mol. The molecule has 6 heteroatoms. The van der Waals surface area contributed by atoms with E-state index < -0.39 is 0 Å². The Morgan fingerprint density at radius 1 is 1.28 bits per heavy atom. The number of fused-ring (bicyclic) bond motifs is 1. The van der Waals surface area contributed by atoms with E-state index in [9.17, 15) is 9.18 Å². The van der Waals surface area contributed by atoms with Gasteiger partial charge >= 0.3 is 0 Å². The number of benzene rings is 1. The van der Waals surface area contributed by atoms with Crippen molar-refractivity contribution in [1.82, 2.24) is 15.1 Å². The summed E-state index contributed by atoms with van der Waals surface area (Å²) >= 11 is 0. The van der Waals surface area contributed by atoms with Crippen LogP contribution in [-0.2, 0) is 19.5 Å². The zero-order chi connectivity index (χ0) is 20.4. The highest BCUT2D eigenvalue weighted by Crippen LogP contribution is 2.29. The van der Waals surface area contributed by atoms with E-state index in [1.807, 2.05) is 19.1 Å². The minimum absolute atomic E-state index is 0.0286. The van der Waals surface area contributed by atoms with Gasteiger partial charge in [-0.25, -0.2) is 4.39 Å². The summed E-state index contributed by atoms with van der Waals surface area (Å²) in [6, 6.07) is 7.06. The molecule has 0 saturated carbocycles. The molecule has 1 saturated heterocycles. The Bertz CT molecular complexity index is 862. The van der Waals surface area contributed by atoms with Crippen molar-refractivity contribution in [3.8, 4) is 0 Å². The van der Waals surface area contributed by atoms with Crippen molar-refractivity contribution in [1.29, 1.82) is 0 Å². The summed E-state index contributed by atoms with van der Waals surface area (Å²) in [6.45, 7) is 9.17. The SMILES string of the molecule is CCN1CCC[C@@H]1CNC(=O)c1c(C)oc2c1CN(Cc1ccc(F)cc1)CC2. The largest absolute Gasteiger partial charge is 0.465 e. The van der Waals surface area contributed by atoms with Gasteiger partial charge in [-0.2, -0.15) is 0 Å². The number of hydrogen-bond donors (Lipinski definition) is 1. The number of halogens is 1. The lowest BCUT2D eigenvalue weighted by atomic mass is 10.0. The summed E-state index contributed by atoms with van der Waals surface area (Å²) in [5.41, 5.74) is 2.78. The Kier molecular flexibility index (Phi) is 6.01. The van der Waals surface area contributed by atoms with Crippen LogP contribution in [0.2, 0.25) is 0 Å². The molecule has 1 aromatic carbocycles. The summed E-state index contributed by atoms with van der Waals surface area (Å²) in [5, 5.41) is 3.15. The third-order valence-electron chi connectivity index (χ3n) is 6.25. The Hall–Kier alpha value is -2.18. The van der Waals surface area contributed by atoms with Crippen molar-refractivity contribution < 1.29 is 13.6 Å². The molecule has 0 bridgehead atoms. The number of carbonyl (C=O) groups is 1. The smallest absolute Gasteiger partial charge is 0.255 e. The molecule has 4 rings (SSSR count). The highest BCUT2D eigenvalue weighted by Gasteiger charge is 2.29. The van der Waals surface area contributed by atoms with Gasteiger partial charge in [0.25, 0.3) is 5.91 Å². The average molecular weight is 400 g/mol. The molecule has 2 aromatic rings. The topological polar surface area (TPSA) is 48.7 Å². The summed E-state index contributed by atoms with van der Waals surface area (Å²) in [5.74, 6) is 1.39. The molecule has 0 spiro atoms.